The third-order valence-electron chi connectivity index (χ3n) is 2.89. The van der Waals surface area contributed by atoms with Gasteiger partial charge in [0, 0.05) is 12.1 Å². The maximum Gasteiger partial charge on any atom is 0.339 e. The molecular formula is C8H12Cl3NO3S. The van der Waals surface area contributed by atoms with Crippen LogP contribution in [0.3, 0.4) is 0 Å². The van der Waals surface area contributed by atoms with Gasteiger partial charge in [0.15, 0.2) is 0 Å². The van der Waals surface area contributed by atoms with Crippen molar-refractivity contribution in [1.82, 2.24) is 4.31 Å². The standard InChI is InChI=1S/C8H12Cl3NO3S/c9-8(10,11)5-15-16(13,14)12-6-3-1-2-4-7(6)12/h6-7H,1-5H2. The molecule has 0 aromatic rings. The molecule has 0 radical (unpaired) electrons. The zero-order valence-corrected chi connectivity index (χ0v) is 11.5. The molecule has 0 aromatic heterocycles. The minimum Gasteiger partial charge on any atom is -0.253 e. The Balaban J connectivity index is 1.94. The summed E-state index contributed by atoms with van der Waals surface area (Å²) in [5.41, 5.74) is 0. The van der Waals surface area contributed by atoms with Gasteiger partial charge in [-0.1, -0.05) is 47.6 Å². The Hall–Kier alpha value is 0.740. The smallest absolute Gasteiger partial charge is 0.253 e. The van der Waals surface area contributed by atoms with Crippen molar-refractivity contribution < 1.29 is 12.6 Å². The predicted molar refractivity (Wildman–Crippen MR) is 63.0 cm³/mol. The Bertz CT molecular complexity index is 355. The maximum atomic E-state index is 11.7. The highest BCUT2D eigenvalue weighted by molar-refractivity contribution is 7.84. The first kappa shape index (κ1) is 13.2. The topological polar surface area (TPSA) is 46.4 Å². The Kier molecular flexibility index (Phi) is 3.66. The van der Waals surface area contributed by atoms with Crippen molar-refractivity contribution in [3.63, 3.8) is 0 Å². The molecule has 1 heterocycles. The quantitative estimate of drug-likeness (QED) is 0.593. The minimum atomic E-state index is -3.72. The molecule has 0 N–H and O–H groups in total. The summed E-state index contributed by atoms with van der Waals surface area (Å²) in [7, 11) is -3.72. The van der Waals surface area contributed by atoms with Crippen molar-refractivity contribution >= 4 is 45.1 Å². The van der Waals surface area contributed by atoms with Crippen molar-refractivity contribution in [3.8, 4) is 0 Å². The first-order chi connectivity index (χ1) is 7.31. The van der Waals surface area contributed by atoms with Crippen LogP contribution >= 0.6 is 34.8 Å². The van der Waals surface area contributed by atoms with Crippen LogP contribution in [0.1, 0.15) is 25.7 Å². The zero-order valence-electron chi connectivity index (χ0n) is 8.40. The second-order valence-electron chi connectivity index (χ2n) is 4.08. The maximum absolute atomic E-state index is 11.7. The van der Waals surface area contributed by atoms with Crippen molar-refractivity contribution in [3.05, 3.63) is 0 Å². The molecule has 0 amide bonds. The van der Waals surface area contributed by atoms with Crippen LogP contribution in [-0.4, -0.2) is 35.2 Å². The summed E-state index contributed by atoms with van der Waals surface area (Å²) < 4.78 is 27.9. The van der Waals surface area contributed by atoms with E-state index in [2.05, 4.69) is 0 Å². The highest BCUT2D eigenvalue weighted by atomic mass is 35.6. The van der Waals surface area contributed by atoms with E-state index in [4.69, 9.17) is 39.0 Å². The zero-order chi connectivity index (χ0) is 12.0. The first-order valence-electron chi connectivity index (χ1n) is 5.06. The van der Waals surface area contributed by atoms with Crippen molar-refractivity contribution in [2.45, 2.75) is 41.6 Å². The van der Waals surface area contributed by atoms with E-state index in [0.29, 0.717) is 0 Å². The van der Waals surface area contributed by atoms with Crippen LogP contribution in [0.4, 0.5) is 0 Å². The van der Waals surface area contributed by atoms with E-state index in [0.717, 1.165) is 25.7 Å². The monoisotopic (exact) mass is 307 g/mol. The predicted octanol–water partition coefficient (Wildman–Crippen LogP) is 2.24. The van der Waals surface area contributed by atoms with Gasteiger partial charge in [-0.3, -0.25) is 4.18 Å². The van der Waals surface area contributed by atoms with Crippen LogP contribution in [0.25, 0.3) is 0 Å². The average molecular weight is 309 g/mol. The van der Waals surface area contributed by atoms with E-state index in [9.17, 15) is 8.42 Å². The summed E-state index contributed by atoms with van der Waals surface area (Å²) in [5, 5.41) is 0. The van der Waals surface area contributed by atoms with Gasteiger partial charge in [0.05, 0.1) is 0 Å². The van der Waals surface area contributed by atoms with E-state index in [1.54, 1.807) is 0 Å². The average Bonchev–Trinajstić information content (AvgIpc) is 2.88. The lowest BCUT2D eigenvalue weighted by molar-refractivity contribution is 0.302. The Morgan fingerprint density at radius 1 is 1.19 bits per heavy atom. The molecule has 2 unspecified atom stereocenters. The summed E-state index contributed by atoms with van der Waals surface area (Å²) in [5.74, 6) is 0. The van der Waals surface area contributed by atoms with E-state index in [1.807, 2.05) is 0 Å². The van der Waals surface area contributed by atoms with E-state index in [-0.39, 0.29) is 12.1 Å². The van der Waals surface area contributed by atoms with E-state index < -0.39 is 20.7 Å². The first-order valence-corrected chi connectivity index (χ1v) is 7.56. The molecule has 1 aliphatic carbocycles. The molecule has 1 saturated heterocycles. The van der Waals surface area contributed by atoms with Gasteiger partial charge in [-0.25, -0.2) is 0 Å². The highest BCUT2D eigenvalue weighted by Crippen LogP contribution is 2.43. The lowest BCUT2D eigenvalue weighted by atomic mass is 10.0. The van der Waals surface area contributed by atoms with Crippen LogP contribution in [0.5, 0.6) is 0 Å². The number of nitrogens with zero attached hydrogens (tertiary/aromatic N) is 1. The molecule has 1 saturated carbocycles. The summed E-state index contributed by atoms with van der Waals surface area (Å²) >= 11 is 16.3. The van der Waals surface area contributed by atoms with Crippen LogP contribution in [0, 0.1) is 0 Å². The van der Waals surface area contributed by atoms with Gasteiger partial charge in [-0.2, -0.15) is 12.7 Å². The van der Waals surface area contributed by atoms with Gasteiger partial charge in [-0.05, 0) is 12.8 Å². The van der Waals surface area contributed by atoms with Gasteiger partial charge in [0.2, 0.25) is 3.79 Å². The molecule has 2 aliphatic rings. The van der Waals surface area contributed by atoms with E-state index >= 15 is 0 Å². The third kappa shape index (κ3) is 2.94. The third-order valence-corrected chi connectivity index (χ3v) is 4.69. The normalized spacial score (nSPS) is 34.6. The fraction of sp³-hybridized carbons (Fsp3) is 1.00. The molecule has 0 spiro atoms. The molecule has 94 valence electrons. The van der Waals surface area contributed by atoms with E-state index in [1.165, 1.54) is 4.31 Å². The van der Waals surface area contributed by atoms with Crippen molar-refractivity contribution in [1.29, 1.82) is 0 Å². The van der Waals surface area contributed by atoms with Gasteiger partial charge < -0.3 is 0 Å². The van der Waals surface area contributed by atoms with Gasteiger partial charge in [0.1, 0.15) is 6.61 Å². The van der Waals surface area contributed by atoms with Crippen LogP contribution in [0.15, 0.2) is 0 Å². The van der Waals surface area contributed by atoms with Gasteiger partial charge in [0.25, 0.3) is 0 Å². The fourth-order valence-electron chi connectivity index (χ4n) is 2.19. The van der Waals surface area contributed by atoms with Crippen LogP contribution < -0.4 is 0 Å². The minimum absolute atomic E-state index is 0.106. The second kappa shape index (κ2) is 4.44. The number of halogens is 3. The van der Waals surface area contributed by atoms with Crippen molar-refractivity contribution in [2.75, 3.05) is 6.61 Å². The summed E-state index contributed by atoms with van der Waals surface area (Å²) in [6.07, 6.45) is 3.94. The lowest BCUT2D eigenvalue weighted by Gasteiger charge is -2.11. The number of rotatable bonds is 3. The molecule has 2 fully saturated rings. The number of alkyl halides is 3. The molecular weight excluding hydrogens is 297 g/mol. The fourth-order valence-corrected chi connectivity index (χ4v) is 4.10. The molecule has 0 bridgehead atoms. The Morgan fingerprint density at radius 2 is 1.69 bits per heavy atom. The summed E-state index contributed by atoms with van der Waals surface area (Å²) in [6.45, 7) is -0.448. The SMILES string of the molecule is O=S(=O)(OCC(Cl)(Cl)Cl)N1C2CCCCC21. The van der Waals surface area contributed by atoms with Crippen LogP contribution in [0.2, 0.25) is 0 Å². The molecule has 16 heavy (non-hydrogen) atoms. The Morgan fingerprint density at radius 3 is 2.12 bits per heavy atom. The van der Waals surface area contributed by atoms with Gasteiger partial charge >= 0.3 is 10.3 Å². The molecule has 2 rings (SSSR count). The highest BCUT2D eigenvalue weighted by Gasteiger charge is 2.56. The number of hydrogen-bond donors (Lipinski definition) is 0. The molecule has 0 aromatic carbocycles. The second-order valence-corrected chi connectivity index (χ2v) is 8.11. The molecule has 8 heteroatoms. The lowest BCUT2D eigenvalue weighted by Crippen LogP contribution is -2.24. The molecule has 1 aliphatic heterocycles. The summed E-state index contributed by atoms with van der Waals surface area (Å²) in [4.78, 5) is 0. The number of fused-ring (bicyclic) bond motifs is 1. The van der Waals surface area contributed by atoms with Crippen molar-refractivity contribution in [2.24, 2.45) is 0 Å². The largest absolute Gasteiger partial charge is 0.339 e. The van der Waals surface area contributed by atoms with Crippen LogP contribution in [-0.2, 0) is 14.5 Å². The Labute approximate surface area is 110 Å². The number of hydrogen-bond acceptors (Lipinski definition) is 3. The summed E-state index contributed by atoms with van der Waals surface area (Å²) in [6, 6.07) is 0.211. The molecule has 4 nitrogen and oxygen atoms in total. The van der Waals surface area contributed by atoms with Gasteiger partial charge in [-0.15, -0.1) is 0 Å². The molecule has 2 atom stereocenters.